The second kappa shape index (κ2) is 533. The van der Waals surface area contributed by atoms with Gasteiger partial charge in [-0.15, -0.1) is 0 Å². The van der Waals surface area contributed by atoms with Crippen molar-refractivity contribution in [2.24, 2.45) is 0 Å². The number of rotatable bonds is 0. The van der Waals surface area contributed by atoms with E-state index in [1.165, 1.54) is 13.2 Å². The molecule has 78 valence electrons. The summed E-state index contributed by atoms with van der Waals surface area (Å²) in [6.45, 7) is 21.3. The molecule has 0 atom stereocenters. The zero-order valence-corrected chi connectivity index (χ0v) is 11.7. The number of hydrogen-bond donors (Lipinski definition) is 0. The maximum Gasteiger partial charge on any atom is 0 e. The quantitative estimate of drug-likeness (QED) is 0.602. The molecule has 1 nitrogen and oxygen atoms in total. The van der Waals surface area contributed by atoms with E-state index in [9.17, 15) is 0 Å². The first kappa shape index (κ1) is 39.0. The van der Waals surface area contributed by atoms with E-state index in [0.29, 0.717) is 0 Å². The summed E-state index contributed by atoms with van der Waals surface area (Å²) in [5.41, 5.74) is 0. The molecular weight excluding hydrogens is 227 g/mol. The average Bonchev–Trinajstić information content (AvgIpc) is 2.18. The Kier molecular flexibility index (Phi) is 1730. The van der Waals surface area contributed by atoms with E-state index >= 15 is 0 Å². The Balaban J connectivity index is -0.00000000933. The standard InChI is InChI=1S/C2H3O.4C2H5.Zr/c1-2-3;4*1-2;/h1H3;4*1H2,2H3;/q5*-1;. The maximum absolute atomic E-state index is 8.68. The molecule has 0 N–H and O–H groups in total. The van der Waals surface area contributed by atoms with Gasteiger partial charge >= 0.3 is 0 Å². The van der Waals surface area contributed by atoms with Gasteiger partial charge in [0.1, 0.15) is 0 Å². The van der Waals surface area contributed by atoms with E-state index < -0.39 is 0 Å². The summed E-state index contributed by atoms with van der Waals surface area (Å²) in [6.07, 6.45) is 1.50. The van der Waals surface area contributed by atoms with Crippen LogP contribution in [-0.2, 0) is 31.0 Å². The monoisotopic (exact) mass is 249 g/mol. The third-order valence-electron chi connectivity index (χ3n) is 0. The summed E-state index contributed by atoms with van der Waals surface area (Å²) in [5.74, 6) is 0. The molecule has 2 heteroatoms. The van der Waals surface area contributed by atoms with Gasteiger partial charge in [0.25, 0.3) is 0 Å². The molecule has 0 amide bonds. The first-order valence-corrected chi connectivity index (χ1v) is 3.53. The molecular formula is C10H23OZr-5. The van der Waals surface area contributed by atoms with Crippen LogP contribution in [0.3, 0.4) is 0 Å². The Morgan fingerprint density at radius 1 is 0.750 bits per heavy atom. The van der Waals surface area contributed by atoms with Crippen LogP contribution in [0.4, 0.5) is 0 Å². The van der Waals surface area contributed by atoms with E-state index in [2.05, 4.69) is 27.7 Å². The van der Waals surface area contributed by atoms with Gasteiger partial charge in [0.2, 0.25) is 0 Å². The van der Waals surface area contributed by atoms with Crippen molar-refractivity contribution in [2.45, 2.75) is 34.6 Å². The average molecular weight is 251 g/mol. The molecule has 0 aliphatic heterocycles. The van der Waals surface area contributed by atoms with Gasteiger partial charge in [0, 0.05) is 26.2 Å². The molecule has 0 radical (unpaired) electrons. The largest absolute Gasteiger partial charge is 0.542 e. The van der Waals surface area contributed by atoms with E-state index in [-0.39, 0.29) is 26.2 Å². The van der Waals surface area contributed by atoms with Crippen molar-refractivity contribution in [1.29, 1.82) is 0 Å². The number of hydrogen-bond acceptors (Lipinski definition) is 1. The Morgan fingerprint density at radius 2 is 0.750 bits per heavy atom. The topological polar surface area (TPSA) is 17.1 Å². The molecule has 0 fully saturated rings. The summed E-state index contributed by atoms with van der Waals surface area (Å²) in [6, 6.07) is 0. The maximum atomic E-state index is 8.68. The molecule has 0 aromatic carbocycles. The summed E-state index contributed by atoms with van der Waals surface area (Å²) in [4.78, 5) is 8.68. The van der Waals surface area contributed by atoms with Crippen LogP contribution in [0.1, 0.15) is 34.6 Å². The van der Waals surface area contributed by atoms with E-state index in [1.807, 2.05) is 0 Å². The zero-order valence-electron chi connectivity index (χ0n) is 9.24. The predicted octanol–water partition coefficient (Wildman–Crippen LogP) is 3.48. The molecule has 0 heterocycles. The minimum atomic E-state index is 0. The Labute approximate surface area is 99.5 Å². The second-order valence-electron chi connectivity index (χ2n) is 0.204. The fourth-order valence-corrected chi connectivity index (χ4v) is 0. The summed E-state index contributed by atoms with van der Waals surface area (Å²) < 4.78 is 0. The molecule has 0 aliphatic carbocycles. The van der Waals surface area contributed by atoms with Crippen LogP contribution in [0.25, 0.3) is 0 Å². The fourth-order valence-electron chi connectivity index (χ4n) is 0. The molecule has 0 bridgehead atoms. The van der Waals surface area contributed by atoms with Gasteiger partial charge < -0.3 is 32.5 Å². The van der Waals surface area contributed by atoms with Crippen molar-refractivity contribution in [3.8, 4) is 0 Å². The van der Waals surface area contributed by atoms with Crippen LogP contribution in [0.15, 0.2) is 0 Å². The normalized spacial score (nSPS) is 3.08. The zero-order chi connectivity index (χ0) is 10.7. The summed E-state index contributed by atoms with van der Waals surface area (Å²) in [7, 11) is 0. The predicted molar refractivity (Wildman–Crippen MR) is 55.5 cm³/mol. The molecule has 0 saturated heterocycles. The summed E-state index contributed by atoms with van der Waals surface area (Å²) >= 11 is 0. The molecule has 0 rings (SSSR count). The van der Waals surface area contributed by atoms with Gasteiger partial charge in [-0.05, 0) is 0 Å². The Morgan fingerprint density at radius 3 is 0.750 bits per heavy atom. The molecule has 0 saturated carbocycles. The van der Waals surface area contributed by atoms with E-state index in [4.69, 9.17) is 4.79 Å². The third-order valence-corrected chi connectivity index (χ3v) is 0. The van der Waals surface area contributed by atoms with E-state index in [1.54, 1.807) is 27.7 Å². The molecule has 12 heavy (non-hydrogen) atoms. The van der Waals surface area contributed by atoms with Crippen LogP contribution < -0.4 is 0 Å². The first-order chi connectivity index (χ1) is 5.41. The van der Waals surface area contributed by atoms with Gasteiger partial charge in [0.15, 0.2) is 0 Å². The SMILES string of the molecule is C[C-]=O.[CH2-]C.[CH2-]C.[CH2-]C.[CH2-]C.[Zr]. The summed E-state index contributed by atoms with van der Waals surface area (Å²) in [5, 5.41) is 0. The number of carbonyl (C=O) groups excluding carboxylic acids is 1. The fraction of sp³-hybridized carbons (Fsp3) is 0.500. The van der Waals surface area contributed by atoms with Gasteiger partial charge in [-0.2, -0.15) is 34.6 Å². The second-order valence-corrected chi connectivity index (χ2v) is 0.204. The molecule has 0 aliphatic rings. The van der Waals surface area contributed by atoms with Crippen molar-refractivity contribution >= 4 is 6.29 Å². The molecule has 0 aromatic rings. The van der Waals surface area contributed by atoms with E-state index in [0.717, 1.165) is 0 Å². The van der Waals surface area contributed by atoms with Crippen molar-refractivity contribution in [3.63, 3.8) is 0 Å². The molecule has 0 spiro atoms. The van der Waals surface area contributed by atoms with Gasteiger partial charge in [-0.25, -0.2) is 0 Å². The van der Waals surface area contributed by atoms with Gasteiger partial charge in [0.05, 0.1) is 0 Å². The van der Waals surface area contributed by atoms with Gasteiger partial charge in [-0.1, -0.05) is 0 Å². The van der Waals surface area contributed by atoms with Crippen molar-refractivity contribution < 1.29 is 31.0 Å². The van der Waals surface area contributed by atoms with Crippen LogP contribution in [-0.4, -0.2) is 6.29 Å². The Hall–Kier alpha value is 0.553. The first-order valence-electron chi connectivity index (χ1n) is 3.53. The molecule has 0 aromatic heterocycles. The minimum absolute atomic E-state index is 0. The third kappa shape index (κ3) is 3150. The smallest absolute Gasteiger partial charge is 0 e. The van der Waals surface area contributed by atoms with Crippen molar-refractivity contribution in [3.05, 3.63) is 27.7 Å². The minimum Gasteiger partial charge on any atom is -0.542 e. The van der Waals surface area contributed by atoms with Crippen molar-refractivity contribution in [1.82, 2.24) is 0 Å². The molecule has 0 unspecified atom stereocenters. The van der Waals surface area contributed by atoms with Gasteiger partial charge in [-0.3, -0.25) is 6.29 Å². The van der Waals surface area contributed by atoms with Crippen LogP contribution in [0, 0.1) is 27.7 Å². The Bertz CT molecular complexity index is 17.3. The van der Waals surface area contributed by atoms with Crippen LogP contribution in [0.2, 0.25) is 0 Å². The van der Waals surface area contributed by atoms with Crippen LogP contribution in [0.5, 0.6) is 0 Å². The van der Waals surface area contributed by atoms with Crippen LogP contribution >= 0.6 is 0 Å². The van der Waals surface area contributed by atoms with Crippen molar-refractivity contribution in [2.75, 3.05) is 0 Å².